The van der Waals surface area contributed by atoms with Crippen molar-refractivity contribution < 1.29 is 13.9 Å². The number of carbonyl (C=O) groups is 1. The molecule has 1 aliphatic carbocycles. The van der Waals surface area contributed by atoms with E-state index < -0.39 is 11.5 Å². The first-order valence-corrected chi connectivity index (χ1v) is 9.31. The topological polar surface area (TPSA) is 79.3 Å². The second-order valence-electron chi connectivity index (χ2n) is 7.62. The number of hydrogen-bond acceptors (Lipinski definition) is 4. The van der Waals surface area contributed by atoms with E-state index in [-0.39, 0.29) is 11.9 Å². The monoisotopic (exact) mass is 359 g/mol. The van der Waals surface area contributed by atoms with Crippen molar-refractivity contribution in [1.29, 1.82) is 5.26 Å². The number of primary amides is 1. The van der Waals surface area contributed by atoms with Crippen LogP contribution in [0.1, 0.15) is 44.6 Å². The van der Waals surface area contributed by atoms with E-state index in [9.17, 15) is 14.4 Å². The molecule has 2 atom stereocenters. The first-order chi connectivity index (χ1) is 12.4. The van der Waals surface area contributed by atoms with Crippen molar-refractivity contribution >= 4 is 6.09 Å². The fourth-order valence-corrected chi connectivity index (χ4v) is 4.52. The molecule has 0 radical (unpaired) electrons. The van der Waals surface area contributed by atoms with Crippen LogP contribution in [0.5, 0.6) is 0 Å². The lowest BCUT2D eigenvalue weighted by molar-refractivity contribution is 0.0767. The van der Waals surface area contributed by atoms with Crippen molar-refractivity contribution in [3.8, 4) is 6.07 Å². The van der Waals surface area contributed by atoms with Crippen molar-refractivity contribution in [3.05, 3.63) is 35.6 Å². The first-order valence-electron chi connectivity index (χ1n) is 9.31. The molecule has 1 aromatic carbocycles. The van der Waals surface area contributed by atoms with Gasteiger partial charge >= 0.3 is 6.09 Å². The third kappa shape index (κ3) is 3.83. The van der Waals surface area contributed by atoms with Gasteiger partial charge in [-0.15, -0.1) is 0 Å². The molecule has 1 saturated heterocycles. The zero-order chi connectivity index (χ0) is 18.7. The van der Waals surface area contributed by atoms with Gasteiger partial charge in [0.25, 0.3) is 0 Å². The summed E-state index contributed by atoms with van der Waals surface area (Å²) in [5.41, 5.74) is 5.33. The van der Waals surface area contributed by atoms with Crippen molar-refractivity contribution in [1.82, 2.24) is 4.90 Å². The van der Waals surface area contributed by atoms with Crippen LogP contribution >= 0.6 is 0 Å². The van der Waals surface area contributed by atoms with Gasteiger partial charge in [-0.3, -0.25) is 4.90 Å². The quantitative estimate of drug-likeness (QED) is 0.894. The molecular formula is C20H26FN3O2. The van der Waals surface area contributed by atoms with Crippen molar-refractivity contribution in [3.63, 3.8) is 0 Å². The third-order valence-corrected chi connectivity index (χ3v) is 6.14. The van der Waals surface area contributed by atoms with E-state index in [1.165, 1.54) is 12.1 Å². The first kappa shape index (κ1) is 18.7. The number of carbonyl (C=O) groups excluding carboxylic acids is 1. The van der Waals surface area contributed by atoms with E-state index in [0.717, 1.165) is 50.8 Å². The highest BCUT2D eigenvalue weighted by atomic mass is 19.1. The molecule has 1 heterocycles. The van der Waals surface area contributed by atoms with Crippen LogP contribution in [-0.4, -0.2) is 36.2 Å². The largest absolute Gasteiger partial charge is 0.446 e. The Morgan fingerprint density at radius 1 is 1.42 bits per heavy atom. The van der Waals surface area contributed by atoms with Crippen LogP contribution in [0.4, 0.5) is 9.18 Å². The predicted molar refractivity (Wildman–Crippen MR) is 95.8 cm³/mol. The predicted octanol–water partition coefficient (Wildman–Crippen LogP) is 3.34. The molecule has 0 spiro atoms. The summed E-state index contributed by atoms with van der Waals surface area (Å²) in [5.74, 6) is 0.0124. The van der Waals surface area contributed by atoms with Crippen LogP contribution in [-0.2, 0) is 10.2 Å². The summed E-state index contributed by atoms with van der Waals surface area (Å²) in [5, 5.41) is 9.79. The summed E-state index contributed by atoms with van der Waals surface area (Å²) >= 11 is 0. The van der Waals surface area contributed by atoms with Gasteiger partial charge in [0.15, 0.2) is 0 Å². The molecule has 0 aromatic heterocycles. The Balaban J connectivity index is 1.60. The van der Waals surface area contributed by atoms with Gasteiger partial charge < -0.3 is 10.5 Å². The van der Waals surface area contributed by atoms with Crippen LogP contribution in [0, 0.1) is 23.1 Å². The average molecular weight is 359 g/mol. The highest BCUT2D eigenvalue weighted by Gasteiger charge is 2.41. The maximum atomic E-state index is 13.6. The van der Waals surface area contributed by atoms with Crippen LogP contribution in [0.25, 0.3) is 0 Å². The number of likely N-dealkylation sites (tertiary alicyclic amines) is 1. The van der Waals surface area contributed by atoms with E-state index in [0.29, 0.717) is 12.0 Å². The third-order valence-electron chi connectivity index (χ3n) is 6.14. The van der Waals surface area contributed by atoms with E-state index >= 15 is 0 Å². The Bertz CT molecular complexity index is 695. The maximum absolute atomic E-state index is 13.6. The van der Waals surface area contributed by atoms with Crippen LogP contribution in [0.15, 0.2) is 24.3 Å². The SMILES string of the molecule is CC(OC(N)=O)[C@H]1CCN(C2CCC(C#N)(c3cccc(F)c3)CC2)C1. The van der Waals surface area contributed by atoms with Gasteiger partial charge in [0.05, 0.1) is 11.5 Å². The van der Waals surface area contributed by atoms with Gasteiger partial charge in [0, 0.05) is 18.5 Å². The Hall–Kier alpha value is -2.13. The maximum Gasteiger partial charge on any atom is 0.404 e. The number of nitriles is 1. The molecule has 140 valence electrons. The normalized spacial score (nSPS) is 30.5. The summed E-state index contributed by atoms with van der Waals surface area (Å²) in [7, 11) is 0. The van der Waals surface area contributed by atoms with Gasteiger partial charge in [-0.05, 0) is 63.3 Å². The Morgan fingerprint density at radius 3 is 2.77 bits per heavy atom. The Morgan fingerprint density at radius 2 is 2.15 bits per heavy atom. The molecule has 2 aliphatic rings. The number of nitrogens with two attached hydrogens (primary N) is 1. The molecule has 2 fully saturated rings. The summed E-state index contributed by atoms with van der Waals surface area (Å²) in [6, 6.07) is 9.35. The number of nitrogens with zero attached hydrogens (tertiary/aromatic N) is 2. The number of hydrogen-bond donors (Lipinski definition) is 1. The van der Waals surface area contributed by atoms with Crippen molar-refractivity contribution in [2.75, 3.05) is 13.1 Å². The molecule has 0 bridgehead atoms. The van der Waals surface area contributed by atoms with Crippen molar-refractivity contribution in [2.45, 2.75) is 56.6 Å². The second kappa shape index (κ2) is 7.63. The molecule has 2 N–H and O–H groups in total. The van der Waals surface area contributed by atoms with Crippen LogP contribution in [0.2, 0.25) is 0 Å². The highest BCUT2D eigenvalue weighted by molar-refractivity contribution is 5.64. The van der Waals surface area contributed by atoms with E-state index in [2.05, 4.69) is 11.0 Å². The van der Waals surface area contributed by atoms with Crippen LogP contribution < -0.4 is 5.73 Å². The number of benzene rings is 1. The number of amides is 1. The lowest BCUT2D eigenvalue weighted by Crippen LogP contribution is -2.41. The van der Waals surface area contributed by atoms with E-state index in [1.54, 1.807) is 6.07 Å². The van der Waals surface area contributed by atoms with Gasteiger partial charge in [0.1, 0.15) is 11.9 Å². The molecule has 1 aromatic rings. The van der Waals surface area contributed by atoms with E-state index in [4.69, 9.17) is 10.5 Å². The van der Waals surface area contributed by atoms with Gasteiger partial charge in [-0.2, -0.15) is 5.26 Å². The molecule has 5 nitrogen and oxygen atoms in total. The minimum Gasteiger partial charge on any atom is -0.446 e. The fraction of sp³-hybridized carbons (Fsp3) is 0.600. The summed E-state index contributed by atoms with van der Waals surface area (Å²) in [6.45, 7) is 3.75. The molecule has 1 aliphatic heterocycles. The second-order valence-corrected chi connectivity index (χ2v) is 7.62. The molecule has 1 amide bonds. The zero-order valence-corrected chi connectivity index (χ0v) is 15.2. The smallest absolute Gasteiger partial charge is 0.404 e. The van der Waals surface area contributed by atoms with Crippen molar-refractivity contribution in [2.24, 2.45) is 11.7 Å². The Labute approximate surface area is 153 Å². The minimum absolute atomic E-state index is 0.174. The van der Waals surface area contributed by atoms with Crippen LogP contribution in [0.3, 0.4) is 0 Å². The fourth-order valence-electron chi connectivity index (χ4n) is 4.52. The van der Waals surface area contributed by atoms with Gasteiger partial charge in [-0.1, -0.05) is 12.1 Å². The lowest BCUT2D eigenvalue weighted by atomic mass is 9.69. The summed E-state index contributed by atoms with van der Waals surface area (Å²) < 4.78 is 18.7. The van der Waals surface area contributed by atoms with E-state index in [1.807, 2.05) is 13.0 Å². The average Bonchev–Trinajstić information content (AvgIpc) is 3.11. The molecule has 3 rings (SSSR count). The summed E-state index contributed by atoms with van der Waals surface area (Å²) in [6.07, 6.45) is 3.41. The molecule has 6 heteroatoms. The van der Waals surface area contributed by atoms with Gasteiger partial charge in [-0.25, -0.2) is 9.18 Å². The summed E-state index contributed by atoms with van der Waals surface area (Å²) in [4.78, 5) is 13.4. The standard InChI is InChI=1S/C20H26FN3O2/c1-14(26-19(23)25)15-7-10-24(12-15)18-5-8-20(13-22,9-6-18)16-3-2-4-17(21)11-16/h2-4,11,14-15,18H,5-10,12H2,1H3,(H2,23,25)/t14?,15-,18?,20?/m0/s1. The number of rotatable bonds is 4. The molecule has 1 saturated carbocycles. The highest BCUT2D eigenvalue weighted by Crippen LogP contribution is 2.41. The molecule has 1 unspecified atom stereocenters. The Kier molecular flexibility index (Phi) is 5.47. The minimum atomic E-state index is -0.720. The molecular weight excluding hydrogens is 333 g/mol. The molecule has 26 heavy (non-hydrogen) atoms. The number of halogens is 1. The lowest BCUT2D eigenvalue weighted by Gasteiger charge is -2.39. The number of ether oxygens (including phenoxy) is 1. The zero-order valence-electron chi connectivity index (χ0n) is 15.2. The van der Waals surface area contributed by atoms with Gasteiger partial charge in [0.2, 0.25) is 0 Å².